The zero-order valence-electron chi connectivity index (χ0n) is 9.09. The Morgan fingerprint density at radius 1 is 1.31 bits per heavy atom. The molecule has 0 fully saturated rings. The van der Waals surface area contributed by atoms with Crippen LogP contribution in [0, 0.1) is 6.92 Å². The van der Waals surface area contributed by atoms with Crippen LogP contribution < -0.4 is 9.47 Å². The Morgan fingerprint density at radius 3 is 2.56 bits per heavy atom. The first kappa shape index (κ1) is 11.3. The average Bonchev–Trinajstić information content (AvgIpc) is 2.28. The molecular weight excluding hydrogens is 228 g/mol. The number of aryl methyl sites for hydroxylation is 1. The fraction of sp³-hybridized carbons (Fsp3) is 0.417. The first-order valence-electron chi connectivity index (χ1n) is 5.22. The van der Waals surface area contributed by atoms with Crippen LogP contribution >= 0.6 is 11.6 Å². The molecule has 0 aliphatic carbocycles. The third-order valence-corrected chi connectivity index (χ3v) is 2.70. The van der Waals surface area contributed by atoms with E-state index in [0.717, 1.165) is 5.56 Å². The first-order valence-corrected chi connectivity index (χ1v) is 5.75. The van der Waals surface area contributed by atoms with Crippen molar-refractivity contribution in [3.63, 3.8) is 0 Å². The number of benzene rings is 1. The normalized spacial score (nSPS) is 13.6. The van der Waals surface area contributed by atoms with Crippen molar-refractivity contribution in [2.75, 3.05) is 19.1 Å². The molecule has 16 heavy (non-hydrogen) atoms. The first-order chi connectivity index (χ1) is 7.72. The Kier molecular flexibility index (Phi) is 3.34. The van der Waals surface area contributed by atoms with E-state index in [-0.39, 0.29) is 5.78 Å². The minimum atomic E-state index is 0.0458. The van der Waals surface area contributed by atoms with Crippen LogP contribution in [0.1, 0.15) is 22.3 Å². The molecule has 1 heterocycles. The molecule has 0 radical (unpaired) electrons. The van der Waals surface area contributed by atoms with E-state index in [1.54, 1.807) is 6.07 Å². The van der Waals surface area contributed by atoms with Gasteiger partial charge in [-0.3, -0.25) is 4.79 Å². The molecule has 0 spiro atoms. The standard InChI is InChI=1S/C12H13ClO3/c1-8-6-11-12(16-5-4-15-11)7-9(8)10(14)2-3-13/h6-7H,2-5H2,1H3. The van der Waals surface area contributed by atoms with Crippen LogP contribution in [0.15, 0.2) is 12.1 Å². The summed E-state index contributed by atoms with van der Waals surface area (Å²) in [5.41, 5.74) is 1.57. The molecule has 0 saturated heterocycles. The van der Waals surface area contributed by atoms with Gasteiger partial charge in [0.15, 0.2) is 17.3 Å². The molecule has 0 N–H and O–H groups in total. The van der Waals surface area contributed by atoms with Crippen LogP contribution in [0.3, 0.4) is 0 Å². The minimum absolute atomic E-state index is 0.0458. The van der Waals surface area contributed by atoms with Gasteiger partial charge in [0.05, 0.1) is 0 Å². The lowest BCUT2D eigenvalue weighted by Crippen LogP contribution is -2.16. The van der Waals surface area contributed by atoms with Crippen LogP contribution in [0.2, 0.25) is 0 Å². The predicted molar refractivity (Wildman–Crippen MR) is 61.8 cm³/mol. The van der Waals surface area contributed by atoms with Crippen molar-refractivity contribution in [2.45, 2.75) is 13.3 Å². The summed E-state index contributed by atoms with van der Waals surface area (Å²) < 4.78 is 10.9. The molecule has 0 amide bonds. The number of rotatable bonds is 3. The fourth-order valence-electron chi connectivity index (χ4n) is 1.71. The number of ketones is 1. The second kappa shape index (κ2) is 4.74. The smallest absolute Gasteiger partial charge is 0.164 e. The summed E-state index contributed by atoms with van der Waals surface area (Å²) in [6.45, 7) is 2.97. The van der Waals surface area contributed by atoms with Crippen molar-refractivity contribution in [1.29, 1.82) is 0 Å². The number of carbonyl (C=O) groups is 1. The van der Waals surface area contributed by atoms with E-state index in [9.17, 15) is 4.79 Å². The molecule has 1 aliphatic heterocycles. The second-order valence-corrected chi connectivity index (χ2v) is 4.05. The molecule has 4 heteroatoms. The van der Waals surface area contributed by atoms with Gasteiger partial charge in [0.25, 0.3) is 0 Å². The Morgan fingerprint density at radius 2 is 1.94 bits per heavy atom. The highest BCUT2D eigenvalue weighted by molar-refractivity contribution is 6.19. The SMILES string of the molecule is Cc1cc2c(cc1C(=O)CCCl)OCCO2. The van der Waals surface area contributed by atoms with Crippen LogP contribution in [0.25, 0.3) is 0 Å². The zero-order chi connectivity index (χ0) is 11.5. The molecule has 0 aromatic heterocycles. The van der Waals surface area contributed by atoms with Crippen LogP contribution in [-0.4, -0.2) is 24.9 Å². The van der Waals surface area contributed by atoms with Crippen molar-refractivity contribution >= 4 is 17.4 Å². The van der Waals surface area contributed by atoms with Crippen molar-refractivity contribution in [3.05, 3.63) is 23.3 Å². The molecule has 0 atom stereocenters. The van der Waals surface area contributed by atoms with E-state index in [0.29, 0.717) is 42.6 Å². The maximum Gasteiger partial charge on any atom is 0.164 e. The highest BCUT2D eigenvalue weighted by atomic mass is 35.5. The number of fused-ring (bicyclic) bond motifs is 1. The number of Topliss-reactive ketones (excluding diaryl/α,β-unsaturated/α-hetero) is 1. The fourth-order valence-corrected chi connectivity index (χ4v) is 1.88. The molecule has 2 rings (SSSR count). The minimum Gasteiger partial charge on any atom is -0.486 e. The summed E-state index contributed by atoms with van der Waals surface area (Å²) in [6.07, 6.45) is 0.349. The highest BCUT2D eigenvalue weighted by Crippen LogP contribution is 2.33. The van der Waals surface area contributed by atoms with E-state index in [1.807, 2.05) is 13.0 Å². The van der Waals surface area contributed by atoms with Gasteiger partial charge < -0.3 is 9.47 Å². The third kappa shape index (κ3) is 2.14. The van der Waals surface area contributed by atoms with Crippen molar-refractivity contribution < 1.29 is 14.3 Å². The Balaban J connectivity index is 2.35. The Labute approximate surface area is 99.3 Å². The van der Waals surface area contributed by atoms with E-state index in [1.165, 1.54) is 0 Å². The molecular formula is C12H13ClO3. The Bertz CT molecular complexity index is 415. The lowest BCUT2D eigenvalue weighted by atomic mass is 10.0. The summed E-state index contributed by atoms with van der Waals surface area (Å²) in [4.78, 5) is 11.8. The van der Waals surface area contributed by atoms with E-state index in [4.69, 9.17) is 21.1 Å². The van der Waals surface area contributed by atoms with Crippen LogP contribution in [0.5, 0.6) is 11.5 Å². The molecule has 86 valence electrons. The molecule has 3 nitrogen and oxygen atoms in total. The summed E-state index contributed by atoms with van der Waals surface area (Å²) in [7, 11) is 0. The third-order valence-electron chi connectivity index (χ3n) is 2.51. The summed E-state index contributed by atoms with van der Waals surface area (Å²) in [5, 5.41) is 0. The van der Waals surface area contributed by atoms with E-state index >= 15 is 0 Å². The quantitative estimate of drug-likeness (QED) is 0.602. The maximum atomic E-state index is 11.8. The highest BCUT2D eigenvalue weighted by Gasteiger charge is 2.17. The second-order valence-electron chi connectivity index (χ2n) is 3.67. The van der Waals surface area contributed by atoms with Gasteiger partial charge in [-0.15, -0.1) is 11.6 Å². The van der Waals surface area contributed by atoms with Crippen LogP contribution in [0.4, 0.5) is 0 Å². The topological polar surface area (TPSA) is 35.5 Å². The van der Waals surface area contributed by atoms with E-state index < -0.39 is 0 Å². The van der Waals surface area contributed by atoms with Crippen molar-refractivity contribution in [3.8, 4) is 11.5 Å². The predicted octanol–water partition coefficient (Wildman–Crippen LogP) is 2.58. The van der Waals surface area contributed by atoms with Gasteiger partial charge in [0.1, 0.15) is 13.2 Å². The number of ether oxygens (including phenoxy) is 2. The van der Waals surface area contributed by atoms with Gasteiger partial charge in [0.2, 0.25) is 0 Å². The average molecular weight is 241 g/mol. The lowest BCUT2D eigenvalue weighted by molar-refractivity contribution is 0.0987. The summed E-state index contributed by atoms with van der Waals surface area (Å²) in [6, 6.07) is 3.59. The van der Waals surface area contributed by atoms with Gasteiger partial charge in [-0.25, -0.2) is 0 Å². The number of carbonyl (C=O) groups excluding carboxylic acids is 1. The van der Waals surface area contributed by atoms with Gasteiger partial charge in [-0.1, -0.05) is 0 Å². The number of alkyl halides is 1. The van der Waals surface area contributed by atoms with Gasteiger partial charge in [-0.05, 0) is 24.6 Å². The van der Waals surface area contributed by atoms with Gasteiger partial charge in [0, 0.05) is 17.9 Å². The number of hydrogen-bond donors (Lipinski definition) is 0. The van der Waals surface area contributed by atoms with Gasteiger partial charge >= 0.3 is 0 Å². The van der Waals surface area contributed by atoms with Gasteiger partial charge in [-0.2, -0.15) is 0 Å². The molecule has 1 aromatic carbocycles. The monoisotopic (exact) mass is 240 g/mol. The zero-order valence-corrected chi connectivity index (χ0v) is 9.84. The maximum absolute atomic E-state index is 11.8. The lowest BCUT2D eigenvalue weighted by Gasteiger charge is -2.20. The largest absolute Gasteiger partial charge is 0.486 e. The molecule has 0 bridgehead atoms. The van der Waals surface area contributed by atoms with E-state index in [2.05, 4.69) is 0 Å². The summed E-state index contributed by atoms with van der Waals surface area (Å²) >= 11 is 5.57. The number of halogens is 1. The number of hydrogen-bond acceptors (Lipinski definition) is 3. The molecule has 1 aromatic rings. The molecule has 1 aliphatic rings. The van der Waals surface area contributed by atoms with Crippen LogP contribution in [-0.2, 0) is 0 Å². The van der Waals surface area contributed by atoms with Crippen molar-refractivity contribution in [1.82, 2.24) is 0 Å². The van der Waals surface area contributed by atoms with Crippen molar-refractivity contribution in [2.24, 2.45) is 0 Å². The molecule has 0 unspecified atom stereocenters. The summed E-state index contributed by atoms with van der Waals surface area (Å²) in [5.74, 6) is 1.75. The molecule has 0 saturated carbocycles. The Hall–Kier alpha value is -1.22.